The van der Waals surface area contributed by atoms with Gasteiger partial charge in [-0.15, -0.1) is 0 Å². The maximum atomic E-state index is 9.07. The van der Waals surface area contributed by atoms with E-state index in [2.05, 4.69) is 28.0 Å². The average Bonchev–Trinajstić information content (AvgIpc) is 3.35. The highest BCUT2D eigenvalue weighted by molar-refractivity contribution is 5.13. The molecule has 0 N–H and O–H groups in total. The molecule has 3 nitrogen and oxygen atoms in total. The van der Waals surface area contributed by atoms with E-state index in [-0.39, 0.29) is 5.41 Å². The van der Waals surface area contributed by atoms with Gasteiger partial charge in [0.15, 0.2) is 0 Å². The van der Waals surface area contributed by atoms with Gasteiger partial charge in [0.1, 0.15) is 0 Å². The van der Waals surface area contributed by atoms with Crippen molar-refractivity contribution in [1.29, 1.82) is 5.26 Å². The fourth-order valence-electron chi connectivity index (χ4n) is 3.93. The van der Waals surface area contributed by atoms with Crippen LogP contribution in [0.3, 0.4) is 0 Å². The Hall–Kier alpha value is -0.850. The molecule has 3 aliphatic rings. The molecule has 0 atom stereocenters. The summed E-state index contributed by atoms with van der Waals surface area (Å²) in [6.07, 6.45) is 15.0. The smallest absolute Gasteiger partial charge is 0.0693 e. The molecule has 0 aromatic heterocycles. The number of hydrogen-bond acceptors (Lipinski definition) is 3. The molecule has 0 amide bonds. The SMILES string of the molecule is N#CC1(C/C=C\CN2CCN(CC3CCCCC3)CC2)CC1. The first kappa shape index (κ1) is 16.0. The van der Waals surface area contributed by atoms with Gasteiger partial charge in [0.05, 0.1) is 11.5 Å². The lowest BCUT2D eigenvalue weighted by Crippen LogP contribution is -2.47. The largest absolute Gasteiger partial charge is 0.301 e. The van der Waals surface area contributed by atoms with Crippen molar-refractivity contribution in [2.24, 2.45) is 11.3 Å². The van der Waals surface area contributed by atoms with Crippen LogP contribution in [-0.2, 0) is 0 Å². The van der Waals surface area contributed by atoms with Crippen LogP contribution in [0.1, 0.15) is 51.4 Å². The Morgan fingerprint density at radius 3 is 2.27 bits per heavy atom. The van der Waals surface area contributed by atoms with Gasteiger partial charge in [-0.1, -0.05) is 31.4 Å². The molecule has 3 fully saturated rings. The van der Waals surface area contributed by atoms with E-state index in [9.17, 15) is 0 Å². The minimum Gasteiger partial charge on any atom is -0.301 e. The molecule has 2 saturated carbocycles. The first-order valence-corrected chi connectivity index (χ1v) is 9.31. The van der Waals surface area contributed by atoms with Crippen LogP contribution in [0.4, 0.5) is 0 Å². The summed E-state index contributed by atoms with van der Waals surface area (Å²) >= 11 is 0. The molecule has 0 spiro atoms. The molecular formula is C19H31N3. The predicted molar refractivity (Wildman–Crippen MR) is 90.5 cm³/mol. The van der Waals surface area contributed by atoms with Gasteiger partial charge in [0.25, 0.3) is 0 Å². The summed E-state index contributed by atoms with van der Waals surface area (Å²) in [7, 11) is 0. The Kier molecular flexibility index (Phi) is 5.55. The van der Waals surface area contributed by atoms with Gasteiger partial charge in [-0.25, -0.2) is 0 Å². The van der Waals surface area contributed by atoms with Gasteiger partial charge in [0, 0.05) is 39.3 Å². The van der Waals surface area contributed by atoms with E-state index in [0.717, 1.165) is 31.7 Å². The molecule has 3 heteroatoms. The topological polar surface area (TPSA) is 30.3 Å². The van der Waals surface area contributed by atoms with Crippen LogP contribution in [-0.4, -0.2) is 49.1 Å². The highest BCUT2D eigenvalue weighted by atomic mass is 15.3. The summed E-state index contributed by atoms with van der Waals surface area (Å²) in [6, 6.07) is 2.46. The Labute approximate surface area is 136 Å². The Balaban J connectivity index is 1.30. The molecule has 0 aromatic carbocycles. The summed E-state index contributed by atoms with van der Waals surface area (Å²) < 4.78 is 0. The van der Waals surface area contributed by atoms with Gasteiger partial charge >= 0.3 is 0 Å². The van der Waals surface area contributed by atoms with E-state index in [4.69, 9.17) is 5.26 Å². The van der Waals surface area contributed by atoms with Crippen molar-refractivity contribution >= 4 is 0 Å². The van der Waals surface area contributed by atoms with E-state index >= 15 is 0 Å². The molecule has 1 saturated heterocycles. The van der Waals surface area contributed by atoms with E-state index in [1.807, 2.05) is 0 Å². The lowest BCUT2D eigenvalue weighted by atomic mass is 9.89. The van der Waals surface area contributed by atoms with Crippen LogP contribution in [0.2, 0.25) is 0 Å². The quantitative estimate of drug-likeness (QED) is 0.704. The zero-order valence-electron chi connectivity index (χ0n) is 14.0. The highest BCUT2D eigenvalue weighted by Gasteiger charge is 2.41. The van der Waals surface area contributed by atoms with Gasteiger partial charge in [-0.3, -0.25) is 4.90 Å². The summed E-state index contributed by atoms with van der Waals surface area (Å²) in [6.45, 7) is 7.31. The molecule has 22 heavy (non-hydrogen) atoms. The zero-order chi connectivity index (χ0) is 15.3. The summed E-state index contributed by atoms with van der Waals surface area (Å²) in [5.74, 6) is 0.973. The second kappa shape index (κ2) is 7.62. The third-order valence-electron chi connectivity index (χ3n) is 5.84. The second-order valence-corrected chi connectivity index (χ2v) is 7.67. The molecule has 1 heterocycles. The average molecular weight is 301 g/mol. The van der Waals surface area contributed by atoms with Crippen LogP contribution < -0.4 is 0 Å². The first-order valence-electron chi connectivity index (χ1n) is 9.31. The molecule has 2 aliphatic carbocycles. The van der Waals surface area contributed by atoms with Crippen LogP contribution in [0, 0.1) is 22.7 Å². The molecule has 3 rings (SSSR count). The molecule has 1 aliphatic heterocycles. The van der Waals surface area contributed by atoms with Crippen molar-refractivity contribution < 1.29 is 0 Å². The van der Waals surface area contributed by atoms with E-state index in [1.54, 1.807) is 0 Å². The van der Waals surface area contributed by atoms with Crippen LogP contribution >= 0.6 is 0 Å². The van der Waals surface area contributed by atoms with E-state index in [1.165, 1.54) is 64.8 Å². The van der Waals surface area contributed by atoms with Crippen LogP contribution in [0.15, 0.2) is 12.2 Å². The number of rotatable bonds is 6. The number of hydrogen-bond donors (Lipinski definition) is 0. The van der Waals surface area contributed by atoms with Gasteiger partial charge in [-0.2, -0.15) is 5.26 Å². The van der Waals surface area contributed by atoms with E-state index < -0.39 is 0 Å². The van der Waals surface area contributed by atoms with Crippen molar-refractivity contribution in [1.82, 2.24) is 9.80 Å². The minimum atomic E-state index is 0.0230. The Bertz CT molecular complexity index is 405. The lowest BCUT2D eigenvalue weighted by Gasteiger charge is -2.36. The van der Waals surface area contributed by atoms with Crippen molar-refractivity contribution in [3.63, 3.8) is 0 Å². The maximum Gasteiger partial charge on any atom is 0.0693 e. The standard InChI is InChI=1S/C19H31N3/c20-17-19(9-10-19)8-4-5-11-21-12-14-22(15-13-21)16-18-6-2-1-3-7-18/h4-5,18H,1-3,6-16H2/b5-4-. The van der Waals surface area contributed by atoms with Gasteiger partial charge < -0.3 is 4.90 Å². The van der Waals surface area contributed by atoms with E-state index in [0.29, 0.717) is 0 Å². The fourth-order valence-corrected chi connectivity index (χ4v) is 3.93. The molecule has 122 valence electrons. The van der Waals surface area contributed by atoms with Gasteiger partial charge in [0.2, 0.25) is 0 Å². The third-order valence-corrected chi connectivity index (χ3v) is 5.84. The predicted octanol–water partition coefficient (Wildman–Crippen LogP) is 3.43. The molecule has 0 unspecified atom stereocenters. The maximum absolute atomic E-state index is 9.07. The fraction of sp³-hybridized carbons (Fsp3) is 0.842. The molecular weight excluding hydrogens is 270 g/mol. The van der Waals surface area contributed by atoms with Crippen molar-refractivity contribution in [2.45, 2.75) is 51.4 Å². The number of allylic oxidation sites excluding steroid dienone is 1. The number of nitriles is 1. The molecule has 0 bridgehead atoms. The van der Waals surface area contributed by atoms with Crippen molar-refractivity contribution in [3.05, 3.63) is 12.2 Å². The number of piperazine rings is 1. The van der Waals surface area contributed by atoms with Crippen LogP contribution in [0.5, 0.6) is 0 Å². The molecule has 0 aromatic rings. The normalized spacial score (nSPS) is 27.0. The van der Waals surface area contributed by atoms with Crippen LogP contribution in [0.25, 0.3) is 0 Å². The zero-order valence-corrected chi connectivity index (χ0v) is 14.0. The van der Waals surface area contributed by atoms with Crippen molar-refractivity contribution in [3.8, 4) is 6.07 Å². The lowest BCUT2D eigenvalue weighted by molar-refractivity contribution is 0.117. The third kappa shape index (κ3) is 4.57. The molecule has 0 radical (unpaired) electrons. The summed E-state index contributed by atoms with van der Waals surface area (Å²) in [5, 5.41) is 9.07. The van der Waals surface area contributed by atoms with Crippen molar-refractivity contribution in [2.75, 3.05) is 39.3 Å². The summed E-state index contributed by atoms with van der Waals surface area (Å²) in [5.41, 5.74) is 0.0230. The first-order chi connectivity index (χ1) is 10.8. The Morgan fingerprint density at radius 2 is 1.64 bits per heavy atom. The number of nitrogens with zero attached hydrogens (tertiary/aromatic N) is 3. The minimum absolute atomic E-state index is 0.0230. The second-order valence-electron chi connectivity index (χ2n) is 7.67. The Morgan fingerprint density at radius 1 is 0.955 bits per heavy atom. The monoisotopic (exact) mass is 301 g/mol. The van der Waals surface area contributed by atoms with Gasteiger partial charge in [-0.05, 0) is 38.0 Å². The highest BCUT2D eigenvalue weighted by Crippen LogP contribution is 2.48. The summed E-state index contributed by atoms with van der Waals surface area (Å²) in [4.78, 5) is 5.24.